The van der Waals surface area contributed by atoms with Gasteiger partial charge < -0.3 is 9.13 Å². The summed E-state index contributed by atoms with van der Waals surface area (Å²) in [4.78, 5) is 0. The highest BCUT2D eigenvalue weighted by atomic mass is 15.0. The van der Waals surface area contributed by atoms with Crippen LogP contribution in [-0.4, -0.2) is 9.13 Å². The smallest absolute Gasteiger partial charge is 0.0548 e. The topological polar surface area (TPSA) is 9.86 Å². The van der Waals surface area contributed by atoms with Gasteiger partial charge in [0.05, 0.1) is 22.1 Å². The first-order chi connectivity index (χ1) is 20.6. The van der Waals surface area contributed by atoms with Gasteiger partial charge in [-0.25, -0.2) is 0 Å². The van der Waals surface area contributed by atoms with Crippen molar-refractivity contribution in [2.24, 2.45) is 0 Å². The third-order valence-electron chi connectivity index (χ3n) is 8.57. The third kappa shape index (κ3) is 3.94. The molecule has 0 atom stereocenters. The van der Waals surface area contributed by atoms with Crippen molar-refractivity contribution < 1.29 is 0 Å². The lowest BCUT2D eigenvalue weighted by molar-refractivity contribution is 1.14. The van der Waals surface area contributed by atoms with Crippen molar-refractivity contribution in [1.82, 2.24) is 9.13 Å². The molecule has 0 bridgehead atoms. The Hall–Kier alpha value is -5.08. The molecule has 2 aromatic heterocycles. The molecular weight excluding hydrogens is 508 g/mol. The summed E-state index contributed by atoms with van der Waals surface area (Å²) in [6.07, 6.45) is 9.46. The van der Waals surface area contributed by atoms with Gasteiger partial charge in [0.2, 0.25) is 0 Å². The quantitative estimate of drug-likeness (QED) is 0.205. The maximum atomic E-state index is 3.96. The third-order valence-corrected chi connectivity index (χ3v) is 8.57. The molecule has 0 N–H and O–H groups in total. The van der Waals surface area contributed by atoms with E-state index in [1.54, 1.807) is 0 Å². The van der Waals surface area contributed by atoms with Gasteiger partial charge in [-0.05, 0) is 66.9 Å². The fourth-order valence-corrected chi connectivity index (χ4v) is 6.58. The van der Waals surface area contributed by atoms with Crippen LogP contribution in [0.15, 0.2) is 122 Å². The zero-order chi connectivity index (χ0) is 28.8. The number of nitrogens with zero attached hydrogens (tertiary/aromatic N) is 2. The Morgan fingerprint density at radius 2 is 1.38 bits per heavy atom. The molecule has 0 aliphatic carbocycles. The lowest BCUT2D eigenvalue weighted by Crippen LogP contribution is -2.27. The largest absolute Gasteiger partial charge is 0.313 e. The summed E-state index contributed by atoms with van der Waals surface area (Å²) in [7, 11) is 0. The van der Waals surface area contributed by atoms with E-state index in [-0.39, 0.29) is 0 Å². The maximum absolute atomic E-state index is 3.96. The number of hydrogen-bond donors (Lipinski definition) is 0. The molecule has 0 aliphatic rings. The summed E-state index contributed by atoms with van der Waals surface area (Å²) in [6, 6.07) is 37.6. The number of para-hydroxylation sites is 2. The molecule has 0 unspecified atom stereocenters. The molecule has 7 rings (SSSR count). The standard InChI is InChI=1S/C40H34N2/c1-5-7-16-29-18-14-24-36(27(29)3)42-38-23-13-11-21-33(38)35-25-39-34(26-40(35)42)32-20-10-12-22-37(32)41(39)28(4)31-19-9-8-17-30(31)15-6-2/h6-26H,2,5H2,1,3-4H3/b16-7-,30-15-,31-28+. The van der Waals surface area contributed by atoms with Gasteiger partial charge in [-0.1, -0.05) is 111 Å². The highest BCUT2D eigenvalue weighted by molar-refractivity contribution is 6.19. The van der Waals surface area contributed by atoms with Gasteiger partial charge in [-0.3, -0.25) is 0 Å². The Morgan fingerprint density at radius 3 is 2.17 bits per heavy atom. The summed E-state index contributed by atoms with van der Waals surface area (Å²) in [6.45, 7) is 10.6. The van der Waals surface area contributed by atoms with E-state index < -0.39 is 0 Å². The molecule has 7 aromatic rings. The molecular formula is C40H34N2. The Bertz CT molecular complexity index is 2320. The van der Waals surface area contributed by atoms with E-state index >= 15 is 0 Å². The van der Waals surface area contributed by atoms with Crippen molar-refractivity contribution >= 4 is 61.5 Å². The minimum absolute atomic E-state index is 1.02. The number of rotatable bonds is 5. The first-order valence-corrected chi connectivity index (χ1v) is 14.7. The van der Waals surface area contributed by atoms with Gasteiger partial charge in [0.15, 0.2) is 0 Å². The summed E-state index contributed by atoms with van der Waals surface area (Å²) < 4.78 is 4.90. The normalized spacial score (nSPS) is 13.3. The van der Waals surface area contributed by atoms with Crippen LogP contribution in [0.4, 0.5) is 0 Å². The molecule has 0 aliphatic heterocycles. The highest BCUT2D eigenvalue weighted by Gasteiger charge is 2.19. The van der Waals surface area contributed by atoms with Crippen molar-refractivity contribution in [3.63, 3.8) is 0 Å². The van der Waals surface area contributed by atoms with E-state index in [9.17, 15) is 0 Å². The van der Waals surface area contributed by atoms with Crippen molar-refractivity contribution in [2.75, 3.05) is 0 Å². The number of allylic oxidation sites excluding steroid dienone is 2. The predicted molar refractivity (Wildman–Crippen MR) is 183 cm³/mol. The van der Waals surface area contributed by atoms with Gasteiger partial charge >= 0.3 is 0 Å². The number of aromatic nitrogens is 2. The van der Waals surface area contributed by atoms with Gasteiger partial charge in [0.1, 0.15) is 0 Å². The van der Waals surface area contributed by atoms with Crippen LogP contribution in [0.5, 0.6) is 0 Å². The Balaban J connectivity index is 1.64. The van der Waals surface area contributed by atoms with Gasteiger partial charge in [0, 0.05) is 38.1 Å². The summed E-state index contributed by atoms with van der Waals surface area (Å²) >= 11 is 0. The van der Waals surface area contributed by atoms with Crippen LogP contribution in [0.25, 0.3) is 67.1 Å². The minimum Gasteiger partial charge on any atom is -0.313 e. The molecule has 2 heterocycles. The SMILES string of the molecule is C=C/C=c1/cccc/c1=C(/C)n1c2ccccc2c2cc3c(cc21)c1ccccc1n3-c1cccc(/C=C\CC)c1C. The Morgan fingerprint density at radius 1 is 0.714 bits per heavy atom. The summed E-state index contributed by atoms with van der Waals surface area (Å²) in [5.41, 5.74) is 9.85. The van der Waals surface area contributed by atoms with E-state index in [0.29, 0.717) is 0 Å². The Kier molecular flexibility index (Phi) is 6.40. The molecule has 2 heteroatoms. The molecule has 0 saturated heterocycles. The average molecular weight is 543 g/mol. The van der Waals surface area contributed by atoms with E-state index in [4.69, 9.17) is 0 Å². The van der Waals surface area contributed by atoms with Crippen LogP contribution in [0, 0.1) is 6.92 Å². The number of hydrogen-bond acceptors (Lipinski definition) is 0. The van der Waals surface area contributed by atoms with Crippen LogP contribution >= 0.6 is 0 Å². The first-order valence-electron chi connectivity index (χ1n) is 14.7. The summed E-state index contributed by atoms with van der Waals surface area (Å²) in [5.74, 6) is 0. The molecule has 42 heavy (non-hydrogen) atoms. The van der Waals surface area contributed by atoms with Crippen molar-refractivity contribution in [1.29, 1.82) is 0 Å². The lowest BCUT2D eigenvalue weighted by atomic mass is 10.1. The second kappa shape index (κ2) is 10.4. The number of benzene rings is 5. The van der Waals surface area contributed by atoms with Crippen molar-refractivity contribution in [3.05, 3.63) is 143 Å². The van der Waals surface area contributed by atoms with Crippen LogP contribution in [0.3, 0.4) is 0 Å². The molecule has 0 spiro atoms. The van der Waals surface area contributed by atoms with Crippen molar-refractivity contribution in [3.8, 4) is 5.69 Å². The van der Waals surface area contributed by atoms with Gasteiger partial charge in [0.25, 0.3) is 0 Å². The zero-order valence-corrected chi connectivity index (χ0v) is 24.4. The molecule has 0 fully saturated rings. The molecule has 0 amide bonds. The lowest BCUT2D eigenvalue weighted by Gasteiger charge is -2.14. The summed E-state index contributed by atoms with van der Waals surface area (Å²) in [5, 5.41) is 7.41. The fourth-order valence-electron chi connectivity index (χ4n) is 6.58. The van der Waals surface area contributed by atoms with E-state index in [1.807, 2.05) is 6.08 Å². The van der Waals surface area contributed by atoms with Crippen LogP contribution in [0.1, 0.15) is 31.4 Å². The second-order valence-corrected chi connectivity index (χ2v) is 11.0. The predicted octanol–water partition coefficient (Wildman–Crippen LogP) is 9.27. The first kappa shape index (κ1) is 25.9. The molecule has 2 nitrogen and oxygen atoms in total. The van der Waals surface area contributed by atoms with Crippen LogP contribution in [0.2, 0.25) is 0 Å². The maximum Gasteiger partial charge on any atom is 0.0548 e. The Labute approximate surface area is 246 Å². The molecule has 204 valence electrons. The van der Waals surface area contributed by atoms with Gasteiger partial charge in [-0.2, -0.15) is 0 Å². The molecule has 0 radical (unpaired) electrons. The molecule has 5 aromatic carbocycles. The van der Waals surface area contributed by atoms with Gasteiger partial charge in [-0.15, -0.1) is 0 Å². The number of fused-ring (bicyclic) bond motifs is 6. The fraction of sp³-hybridized carbons (Fsp3) is 0.100. The highest BCUT2D eigenvalue weighted by Crippen LogP contribution is 2.39. The van der Waals surface area contributed by atoms with Crippen LogP contribution in [-0.2, 0) is 0 Å². The van der Waals surface area contributed by atoms with E-state index in [2.05, 4.69) is 158 Å². The van der Waals surface area contributed by atoms with E-state index in [0.717, 1.165) is 6.42 Å². The van der Waals surface area contributed by atoms with E-state index in [1.165, 1.54) is 76.6 Å². The van der Waals surface area contributed by atoms with Crippen LogP contribution < -0.4 is 10.4 Å². The second-order valence-electron chi connectivity index (χ2n) is 11.0. The molecule has 0 saturated carbocycles. The zero-order valence-electron chi connectivity index (χ0n) is 24.4. The van der Waals surface area contributed by atoms with Crippen molar-refractivity contribution in [2.45, 2.75) is 27.2 Å². The minimum atomic E-state index is 1.02. The average Bonchev–Trinajstić information content (AvgIpc) is 3.52. The monoisotopic (exact) mass is 542 g/mol.